The Morgan fingerprint density at radius 1 is 1.18 bits per heavy atom. The molecule has 1 heterocycles. The number of carbonyl (C=O) groups is 2. The molecule has 2 aliphatic rings. The first-order chi connectivity index (χ1) is 13.3. The first kappa shape index (κ1) is 20.1. The number of ketones is 1. The van der Waals surface area contributed by atoms with Gasteiger partial charge in [-0.05, 0) is 17.5 Å². The highest BCUT2D eigenvalue weighted by Gasteiger charge is 2.32. The van der Waals surface area contributed by atoms with Crippen molar-refractivity contribution >= 4 is 23.7 Å². The smallest absolute Gasteiger partial charge is 0.321 e. The molecule has 0 radical (unpaired) electrons. The lowest BCUT2D eigenvalue weighted by Gasteiger charge is -2.33. The van der Waals surface area contributed by atoms with Gasteiger partial charge in [0.1, 0.15) is 5.76 Å². The predicted molar refractivity (Wildman–Crippen MR) is 110 cm³/mol. The summed E-state index contributed by atoms with van der Waals surface area (Å²) in [6.07, 6.45) is 2.42. The second kappa shape index (κ2) is 8.56. The van der Waals surface area contributed by atoms with E-state index in [9.17, 15) is 14.7 Å². The van der Waals surface area contributed by atoms with Gasteiger partial charge >= 0.3 is 6.03 Å². The van der Waals surface area contributed by atoms with E-state index in [1.165, 1.54) is 6.21 Å². The van der Waals surface area contributed by atoms with Crippen molar-refractivity contribution < 1.29 is 14.7 Å². The van der Waals surface area contributed by atoms with Gasteiger partial charge in [-0.2, -0.15) is 0 Å². The minimum atomic E-state index is -0.199. The van der Waals surface area contributed by atoms with Crippen LogP contribution in [0.1, 0.15) is 26.7 Å². The van der Waals surface area contributed by atoms with Gasteiger partial charge in [-0.1, -0.05) is 32.0 Å². The number of benzene rings is 1. The Balaban J connectivity index is 1.46. The maximum atomic E-state index is 12.3. The lowest BCUT2D eigenvalue weighted by atomic mass is 9.77. The van der Waals surface area contributed by atoms with Crippen molar-refractivity contribution in [2.75, 3.05) is 38.2 Å². The summed E-state index contributed by atoms with van der Waals surface area (Å²) in [5.74, 6) is 0.0762. The van der Waals surface area contributed by atoms with Gasteiger partial charge in [-0.25, -0.2) is 4.79 Å². The van der Waals surface area contributed by atoms with Gasteiger partial charge in [0.2, 0.25) is 0 Å². The van der Waals surface area contributed by atoms with E-state index in [2.05, 4.69) is 15.2 Å². The standard InChI is InChI=1S/C21H28N4O3/c1-21(2)12-18(26)17(19(27)13-21)14-22-15-24-8-10-25(11-9-24)20(28)23-16-6-4-3-5-7-16/h3-7,14,26H,8-13,15H2,1-2H3,(H,23,28)/b22-14-. The largest absolute Gasteiger partial charge is 0.511 e. The molecule has 7 nitrogen and oxygen atoms in total. The fourth-order valence-corrected chi connectivity index (χ4v) is 3.51. The van der Waals surface area contributed by atoms with E-state index in [0.717, 1.165) is 5.69 Å². The number of piperazine rings is 1. The summed E-state index contributed by atoms with van der Waals surface area (Å²) in [4.78, 5) is 32.8. The van der Waals surface area contributed by atoms with Crippen LogP contribution in [0.3, 0.4) is 0 Å². The van der Waals surface area contributed by atoms with Crippen LogP contribution in [0.25, 0.3) is 0 Å². The molecular formula is C21H28N4O3. The maximum Gasteiger partial charge on any atom is 0.321 e. The van der Waals surface area contributed by atoms with Gasteiger partial charge in [0, 0.05) is 50.9 Å². The average molecular weight is 384 g/mol. The number of para-hydroxylation sites is 1. The normalized spacial score (nSPS) is 20.6. The number of aliphatic hydroxyl groups excluding tert-OH is 1. The van der Waals surface area contributed by atoms with Gasteiger partial charge in [-0.15, -0.1) is 0 Å². The zero-order valence-corrected chi connectivity index (χ0v) is 16.5. The highest BCUT2D eigenvalue weighted by molar-refractivity contribution is 6.14. The van der Waals surface area contributed by atoms with Crippen LogP contribution in [0, 0.1) is 5.41 Å². The molecule has 1 aliphatic carbocycles. The maximum absolute atomic E-state index is 12.3. The minimum Gasteiger partial charge on any atom is -0.511 e. The zero-order chi connectivity index (χ0) is 20.1. The Hall–Kier alpha value is -2.67. The lowest BCUT2D eigenvalue weighted by molar-refractivity contribution is -0.117. The number of aliphatic hydroxyl groups is 1. The number of aliphatic imine (C=N–C) groups is 1. The molecule has 150 valence electrons. The van der Waals surface area contributed by atoms with Crippen molar-refractivity contribution in [3.05, 3.63) is 41.7 Å². The fraction of sp³-hybridized carbons (Fsp3) is 0.476. The van der Waals surface area contributed by atoms with Crippen LogP contribution in [0.15, 0.2) is 46.7 Å². The van der Waals surface area contributed by atoms with Crippen molar-refractivity contribution in [3.63, 3.8) is 0 Å². The Kier molecular flexibility index (Phi) is 6.14. The summed E-state index contributed by atoms with van der Waals surface area (Å²) >= 11 is 0. The molecular weight excluding hydrogens is 356 g/mol. The van der Waals surface area contributed by atoms with E-state index in [1.807, 2.05) is 44.2 Å². The van der Waals surface area contributed by atoms with Crippen molar-refractivity contribution in [3.8, 4) is 0 Å². The van der Waals surface area contributed by atoms with Gasteiger partial charge < -0.3 is 15.3 Å². The summed E-state index contributed by atoms with van der Waals surface area (Å²) in [7, 11) is 0. The molecule has 1 aliphatic heterocycles. The van der Waals surface area contributed by atoms with Crippen LogP contribution in [0.4, 0.5) is 10.5 Å². The molecule has 0 saturated carbocycles. The summed E-state index contributed by atoms with van der Waals surface area (Å²) in [5.41, 5.74) is 0.919. The van der Waals surface area contributed by atoms with E-state index >= 15 is 0 Å². The molecule has 0 spiro atoms. The third-order valence-corrected chi connectivity index (χ3v) is 5.08. The fourth-order valence-electron chi connectivity index (χ4n) is 3.51. The van der Waals surface area contributed by atoms with Crippen LogP contribution >= 0.6 is 0 Å². The molecule has 1 fully saturated rings. The quantitative estimate of drug-likeness (QED) is 0.782. The van der Waals surface area contributed by atoms with Crippen molar-refractivity contribution in [1.29, 1.82) is 0 Å². The molecule has 0 aromatic heterocycles. The third kappa shape index (κ3) is 5.19. The van der Waals surface area contributed by atoms with Crippen molar-refractivity contribution in [2.45, 2.75) is 26.7 Å². The minimum absolute atomic E-state index is 0.0556. The molecule has 0 unspecified atom stereocenters. The molecule has 1 saturated heterocycles. The number of hydrogen-bond donors (Lipinski definition) is 2. The highest BCUT2D eigenvalue weighted by Crippen LogP contribution is 2.35. The topological polar surface area (TPSA) is 85.2 Å². The van der Waals surface area contributed by atoms with Crippen LogP contribution in [0.5, 0.6) is 0 Å². The molecule has 3 rings (SSSR count). The average Bonchev–Trinajstić information content (AvgIpc) is 2.64. The molecule has 1 aromatic carbocycles. The van der Waals surface area contributed by atoms with Crippen LogP contribution in [0.2, 0.25) is 0 Å². The summed E-state index contributed by atoms with van der Waals surface area (Å²) < 4.78 is 0. The van der Waals surface area contributed by atoms with Crippen molar-refractivity contribution in [1.82, 2.24) is 9.80 Å². The zero-order valence-electron chi connectivity index (χ0n) is 16.5. The lowest BCUT2D eigenvalue weighted by Crippen LogP contribution is -2.49. The number of Topliss-reactive ketones (excluding diaryl/α,β-unsaturated/α-hetero) is 1. The number of anilines is 1. The van der Waals surface area contributed by atoms with Crippen molar-refractivity contribution in [2.24, 2.45) is 10.4 Å². The van der Waals surface area contributed by atoms with Crippen LogP contribution < -0.4 is 5.32 Å². The number of rotatable bonds is 4. The number of nitrogens with zero attached hydrogens (tertiary/aromatic N) is 3. The summed E-state index contributed by atoms with van der Waals surface area (Å²) in [6, 6.07) is 9.31. The highest BCUT2D eigenvalue weighted by atomic mass is 16.3. The van der Waals surface area contributed by atoms with Gasteiger partial charge in [0.05, 0.1) is 12.2 Å². The molecule has 7 heteroatoms. The first-order valence-electron chi connectivity index (χ1n) is 9.62. The molecule has 2 N–H and O–H groups in total. The molecule has 0 bridgehead atoms. The third-order valence-electron chi connectivity index (χ3n) is 5.08. The van der Waals surface area contributed by atoms with E-state index < -0.39 is 0 Å². The van der Waals surface area contributed by atoms with Gasteiger partial charge in [-0.3, -0.25) is 14.7 Å². The van der Waals surface area contributed by atoms with E-state index in [-0.39, 0.29) is 23.0 Å². The Morgan fingerprint density at radius 3 is 2.50 bits per heavy atom. The number of amides is 2. The summed E-state index contributed by atoms with van der Waals surface area (Å²) in [6.45, 7) is 7.06. The Bertz CT molecular complexity index is 778. The number of allylic oxidation sites excluding steroid dienone is 2. The second-order valence-electron chi connectivity index (χ2n) is 8.16. The van der Waals surface area contributed by atoms with Crippen LogP contribution in [-0.2, 0) is 4.79 Å². The Labute approximate surface area is 165 Å². The summed E-state index contributed by atoms with van der Waals surface area (Å²) in [5, 5.41) is 13.0. The monoisotopic (exact) mass is 384 g/mol. The van der Waals surface area contributed by atoms with Gasteiger partial charge in [0.15, 0.2) is 5.78 Å². The van der Waals surface area contributed by atoms with Gasteiger partial charge in [0.25, 0.3) is 0 Å². The number of carbonyl (C=O) groups excluding carboxylic acids is 2. The Morgan fingerprint density at radius 2 is 1.86 bits per heavy atom. The number of hydrogen-bond acceptors (Lipinski definition) is 5. The molecule has 28 heavy (non-hydrogen) atoms. The van der Waals surface area contributed by atoms with E-state index in [0.29, 0.717) is 51.3 Å². The van der Waals surface area contributed by atoms with E-state index in [1.54, 1.807) is 4.90 Å². The SMILES string of the molecule is CC1(C)CC(=O)C(/C=N\CN2CCN(C(=O)Nc3ccccc3)CC2)=C(O)C1. The molecule has 2 amide bonds. The first-order valence-corrected chi connectivity index (χ1v) is 9.62. The van der Waals surface area contributed by atoms with E-state index in [4.69, 9.17) is 0 Å². The van der Waals surface area contributed by atoms with Crippen LogP contribution in [-0.4, -0.2) is 65.8 Å². The second-order valence-corrected chi connectivity index (χ2v) is 8.16. The number of nitrogens with one attached hydrogen (secondary N) is 1. The number of urea groups is 1. The molecule has 1 aromatic rings. The predicted octanol–water partition coefficient (Wildman–Crippen LogP) is 3.07. The molecule has 0 atom stereocenters.